The summed E-state index contributed by atoms with van der Waals surface area (Å²) < 4.78 is 0. The number of urea groups is 1. The number of carbonyl (C=O) groups excluding carboxylic acids is 2. The first-order valence-corrected chi connectivity index (χ1v) is 10.8. The molecule has 0 bridgehead atoms. The summed E-state index contributed by atoms with van der Waals surface area (Å²) in [6.07, 6.45) is 6.66. The Hall–Kier alpha value is -2.42. The lowest BCUT2D eigenvalue weighted by atomic mass is 10.1. The zero-order valence-electron chi connectivity index (χ0n) is 15.9. The van der Waals surface area contributed by atoms with Crippen LogP contribution in [0.1, 0.15) is 25.7 Å². The molecule has 3 heterocycles. The SMILES string of the molecule is O=C(NCC(=O)N1CCN(c2nc3cccnc3s2)CC1)NCC1CCCC1. The molecule has 0 aromatic carbocycles. The van der Waals surface area contributed by atoms with E-state index in [4.69, 9.17) is 0 Å². The van der Waals surface area contributed by atoms with E-state index in [-0.39, 0.29) is 18.5 Å². The van der Waals surface area contributed by atoms with Gasteiger partial charge in [0.15, 0.2) is 5.13 Å². The number of nitrogens with one attached hydrogen (secondary N) is 2. The average molecular weight is 403 g/mol. The Bertz CT molecular complexity index is 794. The van der Waals surface area contributed by atoms with E-state index in [1.54, 1.807) is 22.4 Å². The van der Waals surface area contributed by atoms with Crippen molar-refractivity contribution in [1.82, 2.24) is 25.5 Å². The molecule has 8 nitrogen and oxygen atoms in total. The van der Waals surface area contributed by atoms with Crippen LogP contribution in [-0.4, -0.2) is 66.1 Å². The second kappa shape index (κ2) is 8.72. The van der Waals surface area contributed by atoms with Crippen LogP contribution >= 0.6 is 11.3 Å². The molecular weight excluding hydrogens is 376 g/mol. The van der Waals surface area contributed by atoms with Gasteiger partial charge in [0, 0.05) is 38.9 Å². The normalized spacial score (nSPS) is 17.9. The number of pyridine rings is 1. The van der Waals surface area contributed by atoms with E-state index in [1.165, 1.54) is 25.7 Å². The highest BCUT2D eigenvalue weighted by atomic mass is 32.1. The van der Waals surface area contributed by atoms with Crippen molar-refractivity contribution in [3.05, 3.63) is 18.3 Å². The molecule has 2 aromatic heterocycles. The van der Waals surface area contributed by atoms with Crippen LogP contribution in [0.2, 0.25) is 0 Å². The van der Waals surface area contributed by atoms with Crippen molar-refractivity contribution in [1.29, 1.82) is 0 Å². The number of piperazine rings is 1. The third kappa shape index (κ3) is 4.52. The molecule has 1 saturated heterocycles. The minimum Gasteiger partial charge on any atom is -0.344 e. The lowest BCUT2D eigenvalue weighted by Crippen LogP contribution is -2.52. The second-order valence-corrected chi connectivity index (χ2v) is 8.36. The van der Waals surface area contributed by atoms with Gasteiger partial charge in [-0.15, -0.1) is 0 Å². The maximum atomic E-state index is 12.4. The summed E-state index contributed by atoms with van der Waals surface area (Å²) in [5.41, 5.74) is 0.911. The Morgan fingerprint density at radius 1 is 1.14 bits per heavy atom. The monoisotopic (exact) mass is 402 g/mol. The molecule has 1 aliphatic heterocycles. The van der Waals surface area contributed by atoms with Gasteiger partial charge in [-0.1, -0.05) is 24.2 Å². The molecule has 0 unspecified atom stereocenters. The van der Waals surface area contributed by atoms with E-state index in [2.05, 4.69) is 25.5 Å². The fourth-order valence-electron chi connectivity index (χ4n) is 3.82. The largest absolute Gasteiger partial charge is 0.344 e. The summed E-state index contributed by atoms with van der Waals surface area (Å²) in [5, 5.41) is 6.52. The van der Waals surface area contributed by atoms with Gasteiger partial charge in [0.25, 0.3) is 0 Å². The molecule has 3 amide bonds. The van der Waals surface area contributed by atoms with E-state index in [0.717, 1.165) is 28.6 Å². The first-order valence-electron chi connectivity index (χ1n) is 9.95. The summed E-state index contributed by atoms with van der Waals surface area (Å²) >= 11 is 1.58. The molecule has 1 aliphatic carbocycles. The molecule has 1 saturated carbocycles. The first kappa shape index (κ1) is 18.9. The van der Waals surface area contributed by atoms with Gasteiger partial charge < -0.3 is 20.4 Å². The highest BCUT2D eigenvalue weighted by Gasteiger charge is 2.23. The Morgan fingerprint density at radius 3 is 2.68 bits per heavy atom. The van der Waals surface area contributed by atoms with Crippen molar-refractivity contribution < 1.29 is 9.59 Å². The van der Waals surface area contributed by atoms with Crippen LogP contribution in [0.25, 0.3) is 10.3 Å². The molecule has 2 N–H and O–H groups in total. The van der Waals surface area contributed by atoms with Crippen LogP contribution in [0.5, 0.6) is 0 Å². The third-order valence-electron chi connectivity index (χ3n) is 5.48. The lowest BCUT2D eigenvalue weighted by Gasteiger charge is -2.34. The van der Waals surface area contributed by atoms with Crippen LogP contribution in [0.15, 0.2) is 18.3 Å². The maximum absolute atomic E-state index is 12.4. The number of hydrogen-bond acceptors (Lipinski definition) is 6. The van der Waals surface area contributed by atoms with E-state index >= 15 is 0 Å². The highest BCUT2D eigenvalue weighted by Crippen LogP contribution is 2.27. The van der Waals surface area contributed by atoms with Gasteiger partial charge in [0.2, 0.25) is 5.91 Å². The number of hydrogen-bond donors (Lipinski definition) is 2. The minimum atomic E-state index is -0.249. The van der Waals surface area contributed by atoms with E-state index in [1.807, 2.05) is 12.1 Å². The number of fused-ring (bicyclic) bond motifs is 1. The standard InChI is InChI=1S/C19H26N6O2S/c26-16(13-22-18(27)21-12-14-4-1-2-5-14)24-8-10-25(11-9-24)19-23-15-6-3-7-20-17(15)28-19/h3,6-7,14H,1-2,4-5,8-13H2,(H2,21,22,27). The van der Waals surface area contributed by atoms with E-state index in [9.17, 15) is 9.59 Å². The molecule has 9 heteroatoms. The van der Waals surface area contributed by atoms with Crippen molar-refractivity contribution in [2.75, 3.05) is 44.2 Å². The molecule has 0 spiro atoms. The minimum absolute atomic E-state index is 0.0402. The van der Waals surface area contributed by atoms with Gasteiger partial charge >= 0.3 is 6.03 Å². The first-order chi connectivity index (χ1) is 13.7. The third-order valence-corrected chi connectivity index (χ3v) is 6.52. The zero-order chi connectivity index (χ0) is 19.3. The van der Waals surface area contributed by atoms with Gasteiger partial charge in [0.1, 0.15) is 10.3 Å². The number of rotatable bonds is 5. The predicted octanol–water partition coefficient (Wildman–Crippen LogP) is 1.83. The smallest absolute Gasteiger partial charge is 0.315 e. The second-order valence-electron chi connectivity index (χ2n) is 7.41. The van der Waals surface area contributed by atoms with E-state index < -0.39 is 0 Å². The number of carbonyl (C=O) groups is 2. The molecule has 2 aliphatic rings. The fourth-order valence-corrected chi connectivity index (χ4v) is 4.78. The van der Waals surface area contributed by atoms with Crippen LogP contribution < -0.4 is 15.5 Å². The van der Waals surface area contributed by atoms with Gasteiger partial charge in [-0.2, -0.15) is 0 Å². The van der Waals surface area contributed by atoms with Gasteiger partial charge in [0.05, 0.1) is 6.54 Å². The fraction of sp³-hybridized carbons (Fsp3) is 0.579. The topological polar surface area (TPSA) is 90.5 Å². The summed E-state index contributed by atoms with van der Waals surface area (Å²) in [4.78, 5) is 38.2. The van der Waals surface area contributed by atoms with Crippen molar-refractivity contribution in [3.63, 3.8) is 0 Å². The number of anilines is 1. The maximum Gasteiger partial charge on any atom is 0.315 e. The molecule has 150 valence electrons. The molecule has 2 aromatic rings. The molecule has 4 rings (SSSR count). The Labute approximate surface area is 168 Å². The predicted molar refractivity (Wildman–Crippen MR) is 110 cm³/mol. The average Bonchev–Trinajstić information content (AvgIpc) is 3.40. The van der Waals surface area contributed by atoms with Crippen molar-refractivity contribution >= 4 is 38.8 Å². The summed E-state index contributed by atoms with van der Waals surface area (Å²) in [5.74, 6) is 0.550. The zero-order valence-corrected chi connectivity index (χ0v) is 16.7. The van der Waals surface area contributed by atoms with Gasteiger partial charge in [-0.25, -0.2) is 14.8 Å². The van der Waals surface area contributed by atoms with Gasteiger partial charge in [-0.3, -0.25) is 4.79 Å². The van der Waals surface area contributed by atoms with Crippen molar-refractivity contribution in [3.8, 4) is 0 Å². The van der Waals surface area contributed by atoms with Crippen LogP contribution in [-0.2, 0) is 4.79 Å². The summed E-state index contributed by atoms with van der Waals surface area (Å²) in [7, 11) is 0. The Balaban J connectivity index is 1.19. The summed E-state index contributed by atoms with van der Waals surface area (Å²) in [6.45, 7) is 3.48. The van der Waals surface area contributed by atoms with Crippen LogP contribution in [0.4, 0.5) is 9.93 Å². The lowest BCUT2D eigenvalue weighted by molar-refractivity contribution is -0.130. The molecule has 0 atom stereocenters. The molecule has 28 heavy (non-hydrogen) atoms. The number of nitrogens with zero attached hydrogens (tertiary/aromatic N) is 4. The van der Waals surface area contributed by atoms with E-state index in [0.29, 0.717) is 25.6 Å². The summed E-state index contributed by atoms with van der Waals surface area (Å²) in [6, 6.07) is 3.60. The quantitative estimate of drug-likeness (QED) is 0.796. The number of amides is 3. The Morgan fingerprint density at radius 2 is 1.93 bits per heavy atom. The highest BCUT2D eigenvalue weighted by molar-refractivity contribution is 7.21. The number of aromatic nitrogens is 2. The van der Waals surface area contributed by atoms with Crippen molar-refractivity contribution in [2.45, 2.75) is 25.7 Å². The van der Waals surface area contributed by atoms with Crippen molar-refractivity contribution in [2.24, 2.45) is 5.92 Å². The van der Waals surface area contributed by atoms with Gasteiger partial charge in [-0.05, 0) is 30.9 Å². The van der Waals surface area contributed by atoms with Crippen LogP contribution in [0.3, 0.4) is 0 Å². The molecule has 2 fully saturated rings. The Kier molecular flexibility index (Phi) is 5.90. The number of thiazole rings is 1. The molecular formula is C19H26N6O2S. The van der Waals surface area contributed by atoms with Crippen LogP contribution in [0, 0.1) is 5.92 Å². The molecule has 0 radical (unpaired) electrons.